The summed E-state index contributed by atoms with van der Waals surface area (Å²) in [5.41, 5.74) is 3.34. The van der Waals surface area contributed by atoms with Gasteiger partial charge in [0.25, 0.3) is 8.32 Å². The number of imide groups is 1. The van der Waals surface area contributed by atoms with Gasteiger partial charge < -0.3 is 24.9 Å². The number of likely N-dealkylation sites (tertiary alicyclic amines) is 1. The predicted octanol–water partition coefficient (Wildman–Crippen LogP) is 7.25. The summed E-state index contributed by atoms with van der Waals surface area (Å²) in [6, 6.07) is 30.7. The maximum atomic E-state index is 14.2. The van der Waals surface area contributed by atoms with Gasteiger partial charge in [0.15, 0.2) is 0 Å². The zero-order valence-electron chi connectivity index (χ0n) is 34.5. The van der Waals surface area contributed by atoms with E-state index in [1.165, 1.54) is 11.0 Å². The quantitative estimate of drug-likeness (QED) is 0.0350. The van der Waals surface area contributed by atoms with E-state index in [9.17, 15) is 29.7 Å². The molecule has 0 radical (unpaired) electrons. The van der Waals surface area contributed by atoms with Crippen LogP contribution in [0.2, 0.25) is 10.1 Å². The minimum Gasteiger partial charge on any atom is -0.508 e. The molecule has 0 bridgehead atoms. The highest BCUT2D eigenvalue weighted by atomic mass is 35.5. The van der Waals surface area contributed by atoms with E-state index in [4.69, 9.17) is 21.1 Å². The van der Waals surface area contributed by atoms with Crippen molar-refractivity contribution in [2.24, 2.45) is 17.8 Å². The summed E-state index contributed by atoms with van der Waals surface area (Å²) >= 11 is 6.54. The van der Waals surface area contributed by atoms with Gasteiger partial charge in [-0.1, -0.05) is 106 Å². The lowest BCUT2D eigenvalue weighted by Gasteiger charge is -2.44. The van der Waals surface area contributed by atoms with Crippen LogP contribution in [0, 0.1) is 17.8 Å². The molecule has 316 valence electrons. The van der Waals surface area contributed by atoms with E-state index in [-0.39, 0.29) is 55.0 Å². The molecule has 3 aromatic carbocycles. The van der Waals surface area contributed by atoms with Crippen LogP contribution in [0.3, 0.4) is 0 Å². The maximum Gasteiger partial charge on any atom is 0.303 e. The van der Waals surface area contributed by atoms with Crippen molar-refractivity contribution in [2.45, 2.75) is 76.9 Å². The standard InChI is InChI=1S/C48H55ClN2O8Si/c1-48(2,3)60(36-15-7-4-8-16-36,37-17-9-5-10-18-37)59-31-34-28-38-45(47(58)51(46(38)57)26-14-6-11-20-43(55)56)39(30-52)44(34)42(54)24-22-33(41-19-12-13-25-50-41)27-32-21-23-35(53)29-40(32)49/h4-5,7-10,12-13,15-19,21,23,25,27,29,38-39,42,45,52-54H,6,11,14,20,22,24,26,28,30-31H2,1-3H3,(H,55,56)/b33-27-/t38-,39+,42-,45-/m1/s1. The topological polar surface area (TPSA) is 157 Å². The van der Waals surface area contributed by atoms with Crippen molar-refractivity contribution in [3.63, 3.8) is 0 Å². The second kappa shape index (κ2) is 19.6. The number of phenols is 1. The van der Waals surface area contributed by atoms with Crippen molar-refractivity contribution in [3.8, 4) is 5.75 Å². The number of hydrogen-bond donors (Lipinski definition) is 4. The number of aliphatic hydroxyl groups is 2. The Hall–Kier alpha value is -4.91. The lowest BCUT2D eigenvalue weighted by Crippen LogP contribution is -2.66. The number of aliphatic carboxylic acids is 1. The van der Waals surface area contributed by atoms with Crippen LogP contribution in [0.1, 0.15) is 77.0 Å². The normalized spacial score (nSPS) is 19.1. The van der Waals surface area contributed by atoms with Crippen molar-refractivity contribution in [1.29, 1.82) is 0 Å². The molecule has 2 heterocycles. The summed E-state index contributed by atoms with van der Waals surface area (Å²) in [5.74, 6) is -4.02. The smallest absolute Gasteiger partial charge is 0.303 e. The van der Waals surface area contributed by atoms with Crippen molar-refractivity contribution >= 4 is 59.7 Å². The Morgan fingerprint density at radius 2 is 1.60 bits per heavy atom. The van der Waals surface area contributed by atoms with E-state index in [0.717, 1.165) is 15.9 Å². The lowest BCUT2D eigenvalue weighted by molar-refractivity contribution is -0.141. The van der Waals surface area contributed by atoms with Gasteiger partial charge in [0.2, 0.25) is 11.8 Å². The Balaban J connectivity index is 1.40. The molecule has 10 nitrogen and oxygen atoms in total. The number of aromatic hydroxyl groups is 1. The molecule has 1 saturated heterocycles. The lowest BCUT2D eigenvalue weighted by atomic mass is 9.68. The monoisotopic (exact) mass is 850 g/mol. The van der Waals surface area contributed by atoms with E-state index >= 15 is 0 Å². The van der Waals surface area contributed by atoms with E-state index in [1.807, 2.05) is 60.7 Å². The van der Waals surface area contributed by atoms with E-state index in [2.05, 4.69) is 50.0 Å². The van der Waals surface area contributed by atoms with Crippen LogP contribution in [-0.4, -0.2) is 82.3 Å². The Morgan fingerprint density at radius 1 is 0.933 bits per heavy atom. The summed E-state index contributed by atoms with van der Waals surface area (Å²) in [5, 5.41) is 44.8. The third-order valence-corrected chi connectivity index (χ3v) is 17.3. The Labute approximate surface area is 358 Å². The highest BCUT2D eigenvalue weighted by molar-refractivity contribution is 6.99. The number of unbranched alkanes of at least 4 members (excludes halogenated alkanes) is 2. The van der Waals surface area contributed by atoms with Crippen LogP contribution in [-0.2, 0) is 18.8 Å². The number of benzene rings is 3. The third-order valence-electron chi connectivity index (χ3n) is 12.0. The van der Waals surface area contributed by atoms with Gasteiger partial charge in [0.05, 0.1) is 41.9 Å². The SMILES string of the molecule is CC(C)(C)[Si](OCC1=C([C@H](O)CC/C(=C/c2ccc(O)cc2Cl)c2ccccn2)[C@H](CO)[C@@H]2C(=O)N(CCCCCC(=O)O)C(=O)[C@@H]2C1)(c1ccccc1)c1ccccc1. The third kappa shape index (κ3) is 9.66. The highest BCUT2D eigenvalue weighted by Gasteiger charge is 2.56. The van der Waals surface area contributed by atoms with Gasteiger partial charge in [0, 0.05) is 25.1 Å². The second-order valence-electron chi connectivity index (χ2n) is 16.8. The Kier molecular flexibility index (Phi) is 14.6. The first-order valence-corrected chi connectivity index (χ1v) is 23.0. The number of nitrogens with zero attached hydrogens (tertiary/aromatic N) is 2. The second-order valence-corrected chi connectivity index (χ2v) is 21.5. The van der Waals surface area contributed by atoms with Gasteiger partial charge >= 0.3 is 5.97 Å². The summed E-state index contributed by atoms with van der Waals surface area (Å²) < 4.78 is 7.40. The van der Waals surface area contributed by atoms with Crippen LogP contribution in [0.15, 0.2) is 114 Å². The number of carbonyl (C=O) groups is 3. The molecule has 4 aromatic rings. The van der Waals surface area contributed by atoms with Crippen molar-refractivity contribution < 1.29 is 39.2 Å². The van der Waals surface area contributed by atoms with Crippen molar-refractivity contribution in [3.05, 3.63) is 131 Å². The molecule has 1 fully saturated rings. The zero-order valence-corrected chi connectivity index (χ0v) is 36.2. The molecule has 60 heavy (non-hydrogen) atoms. The fourth-order valence-corrected chi connectivity index (χ4v) is 13.9. The van der Waals surface area contributed by atoms with Gasteiger partial charge in [-0.05, 0) is 106 Å². The molecule has 1 aromatic heterocycles. The average Bonchev–Trinajstić information content (AvgIpc) is 3.47. The molecule has 0 saturated carbocycles. The summed E-state index contributed by atoms with van der Waals surface area (Å²) in [7, 11) is -3.10. The Bertz CT molecular complexity index is 2150. The fourth-order valence-electron chi connectivity index (χ4n) is 9.15. The van der Waals surface area contributed by atoms with Gasteiger partial charge in [0.1, 0.15) is 5.75 Å². The number of aliphatic hydroxyl groups excluding tert-OH is 2. The molecule has 2 amide bonds. The number of amides is 2. The molecule has 4 N–H and O–H groups in total. The number of carbonyl (C=O) groups excluding carboxylic acids is 2. The first-order chi connectivity index (χ1) is 28.8. The van der Waals surface area contributed by atoms with E-state index in [1.54, 1.807) is 18.3 Å². The largest absolute Gasteiger partial charge is 0.508 e. The van der Waals surface area contributed by atoms with Gasteiger partial charge in [-0.2, -0.15) is 0 Å². The predicted molar refractivity (Wildman–Crippen MR) is 236 cm³/mol. The molecule has 0 spiro atoms. The van der Waals surface area contributed by atoms with E-state index in [0.29, 0.717) is 53.1 Å². The van der Waals surface area contributed by atoms with Crippen LogP contribution in [0.4, 0.5) is 0 Å². The minimum atomic E-state index is -3.10. The first-order valence-electron chi connectivity index (χ1n) is 20.7. The molecular formula is C48H55ClN2O8Si. The van der Waals surface area contributed by atoms with Crippen LogP contribution in [0.25, 0.3) is 11.6 Å². The fraction of sp³-hybridized carbons (Fsp3) is 0.375. The summed E-state index contributed by atoms with van der Waals surface area (Å²) in [6.07, 6.45) is 4.61. The zero-order chi connectivity index (χ0) is 43.0. The maximum absolute atomic E-state index is 14.2. The highest BCUT2D eigenvalue weighted by Crippen LogP contribution is 2.47. The van der Waals surface area contributed by atoms with E-state index < -0.39 is 44.8 Å². The molecule has 2 aliphatic rings. The number of phenolic OH excluding ortho intramolecular Hbond substituents is 1. The van der Waals surface area contributed by atoms with Crippen molar-refractivity contribution in [2.75, 3.05) is 19.8 Å². The van der Waals surface area contributed by atoms with Crippen molar-refractivity contribution in [1.82, 2.24) is 9.88 Å². The van der Waals surface area contributed by atoms with Crippen LogP contribution in [0.5, 0.6) is 5.75 Å². The number of rotatable bonds is 18. The molecule has 1 aliphatic carbocycles. The Morgan fingerprint density at radius 3 is 2.18 bits per heavy atom. The number of carboxylic acids is 1. The molecule has 4 atom stereocenters. The van der Waals surface area contributed by atoms with Gasteiger partial charge in [-0.15, -0.1) is 0 Å². The van der Waals surface area contributed by atoms with Crippen LogP contribution >= 0.6 is 11.6 Å². The number of aromatic nitrogens is 1. The number of allylic oxidation sites excluding steroid dienone is 1. The molecule has 12 heteroatoms. The number of fused-ring (bicyclic) bond motifs is 1. The summed E-state index contributed by atoms with van der Waals surface area (Å²) in [4.78, 5) is 45.3. The number of carboxylic acid groups (broad SMARTS) is 1. The average molecular weight is 852 g/mol. The number of halogens is 1. The van der Waals surface area contributed by atoms with Crippen LogP contribution < -0.4 is 10.4 Å². The van der Waals surface area contributed by atoms with Gasteiger partial charge in [-0.3, -0.25) is 24.3 Å². The minimum absolute atomic E-state index is 0.0127. The molecule has 1 aliphatic heterocycles. The molecule has 0 unspecified atom stereocenters. The van der Waals surface area contributed by atoms with Gasteiger partial charge in [-0.25, -0.2) is 0 Å². The molecule has 6 rings (SSSR count). The number of hydrogen-bond acceptors (Lipinski definition) is 8. The number of pyridine rings is 1. The molecular weight excluding hydrogens is 796 g/mol. The first kappa shape index (κ1) is 44.6. The summed E-state index contributed by atoms with van der Waals surface area (Å²) in [6.45, 7) is 6.30.